The van der Waals surface area contributed by atoms with E-state index in [2.05, 4.69) is 14.5 Å². The topological polar surface area (TPSA) is 58.4 Å². The van der Waals surface area contributed by atoms with Gasteiger partial charge >= 0.3 is 5.97 Å². The van der Waals surface area contributed by atoms with Crippen LogP contribution >= 0.6 is 0 Å². The Bertz CT molecular complexity index is 718. The molecule has 1 saturated heterocycles. The lowest BCUT2D eigenvalue weighted by Gasteiger charge is -2.18. The molecular formula is C16H19N3O2. The number of nitrogens with zero attached hydrogens (tertiary/aromatic N) is 3. The lowest BCUT2D eigenvalue weighted by Crippen LogP contribution is -2.24. The van der Waals surface area contributed by atoms with Crippen molar-refractivity contribution in [2.75, 3.05) is 13.1 Å². The van der Waals surface area contributed by atoms with Crippen LogP contribution in [0, 0.1) is 6.92 Å². The molecule has 110 valence electrons. The normalized spacial score (nSPS) is 23.0. The molecule has 1 saturated carbocycles. The molecule has 21 heavy (non-hydrogen) atoms. The number of aromatic nitrogens is 2. The standard InChI is InChI=1S/C16H19N3O2/c1-10-17-14-4-2-3-13(16(20)21)15(14)19(10)12-7-8-18(9-12)11-5-6-11/h2-4,11-12H,5-9H2,1H3,(H,20,21). The van der Waals surface area contributed by atoms with E-state index in [-0.39, 0.29) is 0 Å². The van der Waals surface area contributed by atoms with Crippen LogP contribution in [0.4, 0.5) is 0 Å². The van der Waals surface area contributed by atoms with Crippen molar-refractivity contribution < 1.29 is 9.90 Å². The van der Waals surface area contributed by atoms with Crippen molar-refractivity contribution in [3.63, 3.8) is 0 Å². The Morgan fingerprint density at radius 3 is 2.81 bits per heavy atom. The van der Waals surface area contributed by atoms with Crippen molar-refractivity contribution in [1.82, 2.24) is 14.5 Å². The van der Waals surface area contributed by atoms with Gasteiger partial charge in [-0.3, -0.25) is 4.90 Å². The number of rotatable bonds is 3. The van der Waals surface area contributed by atoms with E-state index in [1.165, 1.54) is 12.8 Å². The molecule has 5 nitrogen and oxygen atoms in total. The van der Waals surface area contributed by atoms with Crippen molar-refractivity contribution in [3.05, 3.63) is 29.6 Å². The van der Waals surface area contributed by atoms with Crippen molar-refractivity contribution >= 4 is 17.0 Å². The predicted octanol–water partition coefficient (Wildman–Crippen LogP) is 2.45. The van der Waals surface area contributed by atoms with E-state index in [9.17, 15) is 9.90 Å². The first-order valence-corrected chi connectivity index (χ1v) is 7.60. The maximum absolute atomic E-state index is 11.5. The second-order valence-electron chi connectivity index (χ2n) is 6.18. The van der Waals surface area contributed by atoms with Crippen LogP contribution in [0.5, 0.6) is 0 Å². The van der Waals surface area contributed by atoms with Crippen LogP contribution in [0.15, 0.2) is 18.2 Å². The lowest BCUT2D eigenvalue weighted by molar-refractivity contribution is 0.0698. The Hall–Kier alpha value is -1.88. The van der Waals surface area contributed by atoms with Gasteiger partial charge in [-0.2, -0.15) is 0 Å². The number of aryl methyl sites for hydroxylation is 1. The van der Waals surface area contributed by atoms with Gasteiger partial charge in [0.1, 0.15) is 5.82 Å². The van der Waals surface area contributed by atoms with Crippen LogP contribution in [0.1, 0.15) is 41.5 Å². The molecule has 0 radical (unpaired) electrons. The average Bonchev–Trinajstić information content (AvgIpc) is 3.09. The van der Waals surface area contributed by atoms with E-state index in [4.69, 9.17) is 0 Å². The van der Waals surface area contributed by atoms with Crippen molar-refractivity contribution in [2.45, 2.75) is 38.3 Å². The molecule has 1 atom stereocenters. The maximum Gasteiger partial charge on any atom is 0.337 e. The maximum atomic E-state index is 11.5. The van der Waals surface area contributed by atoms with E-state index < -0.39 is 5.97 Å². The van der Waals surface area contributed by atoms with Gasteiger partial charge in [-0.25, -0.2) is 9.78 Å². The number of para-hydroxylation sites is 1. The number of carboxylic acid groups (broad SMARTS) is 1. The quantitative estimate of drug-likeness (QED) is 0.941. The monoisotopic (exact) mass is 285 g/mol. The third kappa shape index (κ3) is 2.03. The first-order chi connectivity index (χ1) is 10.1. The summed E-state index contributed by atoms with van der Waals surface area (Å²) in [5.74, 6) is 0.0418. The molecule has 4 rings (SSSR count). The summed E-state index contributed by atoms with van der Waals surface area (Å²) >= 11 is 0. The van der Waals surface area contributed by atoms with Crippen LogP contribution in [-0.4, -0.2) is 44.7 Å². The molecule has 1 aromatic heterocycles. The third-order valence-electron chi connectivity index (χ3n) is 4.74. The highest BCUT2D eigenvalue weighted by molar-refractivity contribution is 6.01. The number of carbonyl (C=O) groups is 1. The van der Waals surface area contributed by atoms with Crippen molar-refractivity contribution in [1.29, 1.82) is 0 Å². The second-order valence-corrected chi connectivity index (χ2v) is 6.18. The molecule has 1 aliphatic carbocycles. The van der Waals surface area contributed by atoms with Gasteiger partial charge < -0.3 is 9.67 Å². The Balaban J connectivity index is 1.80. The zero-order valence-electron chi connectivity index (χ0n) is 12.1. The minimum Gasteiger partial charge on any atom is -0.478 e. The summed E-state index contributed by atoms with van der Waals surface area (Å²) in [5.41, 5.74) is 1.93. The lowest BCUT2D eigenvalue weighted by atomic mass is 10.1. The van der Waals surface area contributed by atoms with Gasteiger partial charge in [0.05, 0.1) is 16.6 Å². The van der Waals surface area contributed by atoms with Crippen LogP contribution in [0.25, 0.3) is 11.0 Å². The van der Waals surface area contributed by atoms with Crippen LogP contribution in [0.2, 0.25) is 0 Å². The van der Waals surface area contributed by atoms with Crippen LogP contribution in [0.3, 0.4) is 0 Å². The molecule has 1 aromatic carbocycles. The Morgan fingerprint density at radius 2 is 2.10 bits per heavy atom. The summed E-state index contributed by atoms with van der Waals surface area (Å²) in [5, 5.41) is 9.46. The summed E-state index contributed by atoms with van der Waals surface area (Å²) in [6.07, 6.45) is 3.71. The highest BCUT2D eigenvalue weighted by Crippen LogP contribution is 2.35. The summed E-state index contributed by atoms with van der Waals surface area (Å²) in [6, 6.07) is 6.46. The number of benzene rings is 1. The van der Waals surface area contributed by atoms with E-state index in [1.807, 2.05) is 13.0 Å². The number of likely N-dealkylation sites (tertiary alicyclic amines) is 1. The van der Waals surface area contributed by atoms with Gasteiger partial charge in [0.2, 0.25) is 0 Å². The minimum atomic E-state index is -0.876. The molecule has 0 spiro atoms. The molecule has 2 aromatic rings. The van der Waals surface area contributed by atoms with Crippen molar-refractivity contribution in [3.8, 4) is 0 Å². The smallest absolute Gasteiger partial charge is 0.337 e. The Kier molecular flexibility index (Phi) is 2.79. The molecule has 0 amide bonds. The molecule has 2 aliphatic rings. The number of hydrogen-bond donors (Lipinski definition) is 1. The molecule has 0 bridgehead atoms. The zero-order valence-corrected chi connectivity index (χ0v) is 12.1. The Morgan fingerprint density at radius 1 is 1.29 bits per heavy atom. The summed E-state index contributed by atoms with van der Waals surface area (Å²) in [6.45, 7) is 4.11. The largest absolute Gasteiger partial charge is 0.478 e. The van der Waals surface area contributed by atoms with E-state index in [0.29, 0.717) is 11.6 Å². The molecular weight excluding hydrogens is 266 g/mol. The van der Waals surface area contributed by atoms with Gasteiger partial charge in [0, 0.05) is 25.2 Å². The third-order valence-corrected chi connectivity index (χ3v) is 4.74. The Labute approximate surface area is 123 Å². The van der Waals surface area contributed by atoms with Gasteiger partial charge in [0.25, 0.3) is 0 Å². The highest BCUT2D eigenvalue weighted by Gasteiger charge is 2.36. The molecule has 1 unspecified atom stereocenters. The number of fused-ring (bicyclic) bond motifs is 1. The SMILES string of the molecule is Cc1nc2cccc(C(=O)O)c2n1C1CCN(C2CC2)C1. The van der Waals surface area contributed by atoms with Gasteiger partial charge in [-0.1, -0.05) is 6.07 Å². The molecule has 1 aliphatic heterocycles. The van der Waals surface area contributed by atoms with Gasteiger partial charge in [-0.05, 0) is 38.3 Å². The minimum absolute atomic E-state index is 0.344. The highest BCUT2D eigenvalue weighted by atomic mass is 16.4. The number of aromatic carboxylic acids is 1. The second kappa shape index (κ2) is 4.56. The molecule has 1 N–H and O–H groups in total. The van der Waals surface area contributed by atoms with E-state index >= 15 is 0 Å². The van der Waals surface area contributed by atoms with E-state index in [0.717, 1.165) is 42.4 Å². The fourth-order valence-corrected chi connectivity index (χ4v) is 3.63. The van der Waals surface area contributed by atoms with Gasteiger partial charge in [-0.15, -0.1) is 0 Å². The van der Waals surface area contributed by atoms with Crippen LogP contribution < -0.4 is 0 Å². The molecule has 5 heteroatoms. The first kappa shape index (κ1) is 12.8. The molecule has 2 fully saturated rings. The average molecular weight is 285 g/mol. The fourth-order valence-electron chi connectivity index (χ4n) is 3.63. The number of carboxylic acids is 1. The fraction of sp³-hybridized carbons (Fsp3) is 0.500. The van der Waals surface area contributed by atoms with E-state index in [1.54, 1.807) is 12.1 Å². The van der Waals surface area contributed by atoms with Crippen LogP contribution in [-0.2, 0) is 0 Å². The van der Waals surface area contributed by atoms with Crippen molar-refractivity contribution in [2.24, 2.45) is 0 Å². The van der Waals surface area contributed by atoms with Gasteiger partial charge in [0.15, 0.2) is 0 Å². The number of imidazole rings is 1. The summed E-state index contributed by atoms with van der Waals surface area (Å²) in [4.78, 5) is 18.6. The number of hydrogen-bond acceptors (Lipinski definition) is 3. The summed E-state index contributed by atoms with van der Waals surface area (Å²) < 4.78 is 2.15. The zero-order chi connectivity index (χ0) is 14.6. The molecule has 2 heterocycles. The predicted molar refractivity (Wildman–Crippen MR) is 79.7 cm³/mol. The first-order valence-electron chi connectivity index (χ1n) is 7.60. The summed E-state index contributed by atoms with van der Waals surface area (Å²) in [7, 11) is 0.